The molecule has 1 fully saturated rings. The molecule has 22 heavy (non-hydrogen) atoms. The third kappa shape index (κ3) is 3.62. The molecule has 1 aliphatic rings. The number of benzene rings is 1. The molecular formula is C17H23ClN2OS. The molecule has 0 bridgehead atoms. The van der Waals surface area contributed by atoms with Crippen molar-refractivity contribution in [2.75, 3.05) is 13.6 Å². The van der Waals surface area contributed by atoms with Gasteiger partial charge in [-0.25, -0.2) is 0 Å². The molecular weight excluding hydrogens is 316 g/mol. The summed E-state index contributed by atoms with van der Waals surface area (Å²) >= 11 is 1.76. The summed E-state index contributed by atoms with van der Waals surface area (Å²) in [5.41, 5.74) is 1.26. The molecule has 2 heterocycles. The molecule has 2 atom stereocenters. The molecule has 1 amide bonds. The van der Waals surface area contributed by atoms with Crippen molar-refractivity contribution in [3.05, 3.63) is 35.2 Å². The number of hydrogen-bond donors (Lipinski definition) is 1. The van der Waals surface area contributed by atoms with Crippen molar-refractivity contribution in [3.63, 3.8) is 0 Å². The fourth-order valence-corrected chi connectivity index (χ4v) is 4.11. The minimum atomic E-state index is 0. The molecule has 1 aromatic carbocycles. The molecule has 1 aromatic heterocycles. The first-order valence-corrected chi connectivity index (χ1v) is 8.46. The van der Waals surface area contributed by atoms with Gasteiger partial charge in [0.05, 0.1) is 0 Å². The third-order valence-electron chi connectivity index (χ3n) is 4.32. The van der Waals surface area contributed by atoms with Gasteiger partial charge in [0.15, 0.2) is 0 Å². The number of amides is 1. The fraction of sp³-hybridized carbons (Fsp3) is 0.471. The molecule has 0 saturated carbocycles. The van der Waals surface area contributed by atoms with Gasteiger partial charge >= 0.3 is 0 Å². The Balaban J connectivity index is 0.00000176. The van der Waals surface area contributed by atoms with Crippen LogP contribution in [0.1, 0.15) is 25.3 Å². The largest absolute Gasteiger partial charge is 0.341 e. The molecule has 5 heteroatoms. The summed E-state index contributed by atoms with van der Waals surface area (Å²) in [6, 6.07) is 8.86. The van der Waals surface area contributed by atoms with Gasteiger partial charge in [0.2, 0.25) is 5.91 Å². The Morgan fingerprint density at radius 1 is 1.41 bits per heavy atom. The average molecular weight is 339 g/mol. The quantitative estimate of drug-likeness (QED) is 0.926. The zero-order valence-electron chi connectivity index (χ0n) is 13.0. The lowest BCUT2D eigenvalue weighted by Gasteiger charge is -2.30. The topological polar surface area (TPSA) is 32.3 Å². The summed E-state index contributed by atoms with van der Waals surface area (Å²) in [4.78, 5) is 14.5. The summed E-state index contributed by atoms with van der Waals surface area (Å²) < 4.78 is 1.30. The van der Waals surface area contributed by atoms with Crippen molar-refractivity contribution in [3.8, 4) is 0 Å². The van der Waals surface area contributed by atoms with Gasteiger partial charge in [-0.3, -0.25) is 4.79 Å². The summed E-state index contributed by atoms with van der Waals surface area (Å²) in [7, 11) is 1.93. The zero-order valence-corrected chi connectivity index (χ0v) is 14.7. The molecule has 0 unspecified atom stereocenters. The van der Waals surface area contributed by atoms with Gasteiger partial charge in [-0.2, -0.15) is 0 Å². The van der Waals surface area contributed by atoms with E-state index >= 15 is 0 Å². The van der Waals surface area contributed by atoms with Crippen LogP contribution in [0.25, 0.3) is 10.1 Å². The van der Waals surface area contributed by atoms with Gasteiger partial charge in [0.25, 0.3) is 0 Å². The van der Waals surface area contributed by atoms with Crippen molar-refractivity contribution in [1.82, 2.24) is 10.2 Å². The van der Waals surface area contributed by atoms with E-state index in [1.165, 1.54) is 15.6 Å². The predicted molar refractivity (Wildman–Crippen MR) is 95.7 cm³/mol. The minimum absolute atomic E-state index is 0. The van der Waals surface area contributed by atoms with Crippen molar-refractivity contribution in [1.29, 1.82) is 0 Å². The maximum Gasteiger partial charge on any atom is 0.225 e. The molecule has 1 saturated heterocycles. The molecule has 0 radical (unpaired) electrons. The van der Waals surface area contributed by atoms with E-state index in [2.05, 4.69) is 41.9 Å². The lowest BCUT2D eigenvalue weighted by molar-refractivity contribution is -0.135. The molecule has 1 N–H and O–H groups in total. The van der Waals surface area contributed by atoms with E-state index in [0.29, 0.717) is 18.5 Å². The van der Waals surface area contributed by atoms with Crippen LogP contribution in [-0.4, -0.2) is 30.4 Å². The number of piperidine rings is 1. The van der Waals surface area contributed by atoms with Crippen LogP contribution < -0.4 is 5.32 Å². The van der Waals surface area contributed by atoms with Gasteiger partial charge in [-0.15, -0.1) is 23.7 Å². The van der Waals surface area contributed by atoms with E-state index in [9.17, 15) is 4.79 Å². The highest BCUT2D eigenvalue weighted by atomic mass is 35.5. The van der Waals surface area contributed by atoms with E-state index in [0.717, 1.165) is 19.4 Å². The number of nitrogens with one attached hydrogen (secondary N) is 1. The van der Waals surface area contributed by atoms with Crippen LogP contribution in [0.15, 0.2) is 29.6 Å². The van der Waals surface area contributed by atoms with E-state index < -0.39 is 0 Å². The molecule has 3 nitrogen and oxygen atoms in total. The highest BCUT2D eigenvalue weighted by Gasteiger charge is 2.27. The van der Waals surface area contributed by atoms with Crippen LogP contribution >= 0.6 is 23.7 Å². The van der Waals surface area contributed by atoms with Crippen LogP contribution in [0.3, 0.4) is 0 Å². The molecule has 3 rings (SSSR count). The Bertz CT molecular complexity index is 642. The highest BCUT2D eigenvalue weighted by molar-refractivity contribution is 7.17. The molecule has 1 aliphatic heterocycles. The maximum absolute atomic E-state index is 12.6. The third-order valence-corrected chi connectivity index (χ3v) is 5.33. The molecule has 2 aromatic rings. The van der Waals surface area contributed by atoms with E-state index in [-0.39, 0.29) is 18.3 Å². The van der Waals surface area contributed by atoms with E-state index in [1.54, 1.807) is 11.3 Å². The standard InChI is InChI=1S/C17H22N2OS.ClH/c1-12-9-13(7-8-18-12)17(20)19(2)10-14-11-21-16-6-4-3-5-15(14)16;/h3-6,11-13,18H,7-10H2,1-2H3;1H/t12-,13-;/m0./s1. The summed E-state index contributed by atoms with van der Waals surface area (Å²) in [6.45, 7) is 3.82. The Labute approximate surface area is 142 Å². The average Bonchev–Trinajstić information content (AvgIpc) is 2.90. The van der Waals surface area contributed by atoms with Crippen molar-refractivity contribution in [2.24, 2.45) is 5.92 Å². The lowest BCUT2D eigenvalue weighted by atomic mass is 9.92. The second-order valence-corrected chi connectivity index (χ2v) is 6.94. The smallest absolute Gasteiger partial charge is 0.225 e. The normalized spacial score (nSPS) is 21.4. The Hall–Kier alpha value is -1.10. The number of carbonyl (C=O) groups excluding carboxylic acids is 1. The van der Waals surface area contributed by atoms with E-state index in [4.69, 9.17) is 0 Å². The number of fused-ring (bicyclic) bond motifs is 1. The first-order chi connectivity index (χ1) is 10.1. The lowest BCUT2D eigenvalue weighted by Crippen LogP contribution is -2.42. The number of thiophene rings is 1. The second-order valence-electron chi connectivity index (χ2n) is 6.03. The number of rotatable bonds is 3. The first-order valence-electron chi connectivity index (χ1n) is 7.58. The zero-order chi connectivity index (χ0) is 14.8. The molecule has 120 valence electrons. The number of nitrogens with zero attached hydrogens (tertiary/aromatic N) is 1. The number of halogens is 1. The van der Waals surface area contributed by atoms with Gasteiger partial charge in [0.1, 0.15) is 0 Å². The van der Waals surface area contributed by atoms with Crippen LogP contribution in [-0.2, 0) is 11.3 Å². The molecule has 0 spiro atoms. The fourth-order valence-electron chi connectivity index (χ4n) is 3.16. The number of hydrogen-bond acceptors (Lipinski definition) is 3. The van der Waals surface area contributed by atoms with E-state index in [1.807, 2.05) is 11.9 Å². The van der Waals surface area contributed by atoms with Crippen molar-refractivity contribution < 1.29 is 4.79 Å². The van der Waals surface area contributed by atoms with Crippen LogP contribution in [0, 0.1) is 5.92 Å². The van der Waals surface area contributed by atoms with Crippen LogP contribution in [0.5, 0.6) is 0 Å². The predicted octanol–water partition coefficient (Wildman–Crippen LogP) is 3.67. The Morgan fingerprint density at radius 3 is 2.95 bits per heavy atom. The van der Waals surface area contributed by atoms with Gasteiger partial charge in [0, 0.05) is 30.3 Å². The van der Waals surface area contributed by atoms with Gasteiger partial charge < -0.3 is 10.2 Å². The van der Waals surface area contributed by atoms with Crippen LogP contribution in [0.2, 0.25) is 0 Å². The monoisotopic (exact) mass is 338 g/mol. The van der Waals surface area contributed by atoms with Crippen LogP contribution in [0.4, 0.5) is 0 Å². The summed E-state index contributed by atoms with van der Waals surface area (Å²) in [5.74, 6) is 0.467. The molecule has 0 aliphatic carbocycles. The van der Waals surface area contributed by atoms with Crippen molar-refractivity contribution in [2.45, 2.75) is 32.4 Å². The first kappa shape index (κ1) is 17.3. The second kappa shape index (κ2) is 7.44. The Morgan fingerprint density at radius 2 is 2.18 bits per heavy atom. The minimum Gasteiger partial charge on any atom is -0.341 e. The SMILES string of the molecule is C[C@H]1C[C@@H](C(=O)N(C)Cc2csc3ccccc23)CCN1.Cl. The highest BCUT2D eigenvalue weighted by Crippen LogP contribution is 2.27. The van der Waals surface area contributed by atoms with Crippen molar-refractivity contribution >= 4 is 39.7 Å². The number of carbonyl (C=O) groups is 1. The summed E-state index contributed by atoms with van der Waals surface area (Å²) in [6.07, 6.45) is 1.91. The Kier molecular flexibility index (Phi) is 5.84. The van der Waals surface area contributed by atoms with Gasteiger partial charge in [-0.05, 0) is 48.7 Å². The van der Waals surface area contributed by atoms with Gasteiger partial charge in [-0.1, -0.05) is 18.2 Å². The summed E-state index contributed by atoms with van der Waals surface area (Å²) in [5, 5.41) is 6.87. The maximum atomic E-state index is 12.6.